The van der Waals surface area contributed by atoms with E-state index in [-0.39, 0.29) is 34.5 Å². The number of H-pyrrole nitrogens is 1. The Morgan fingerprint density at radius 2 is 1.96 bits per heavy atom. The number of pyridine rings is 1. The van der Waals surface area contributed by atoms with Crippen molar-refractivity contribution in [1.29, 1.82) is 0 Å². The molecule has 0 amide bonds. The summed E-state index contributed by atoms with van der Waals surface area (Å²) in [7, 11) is 0. The summed E-state index contributed by atoms with van der Waals surface area (Å²) >= 11 is 0. The minimum Gasteiger partial charge on any atom is -0.329 e. The molecule has 0 saturated heterocycles. The van der Waals surface area contributed by atoms with Gasteiger partial charge in [0.15, 0.2) is 5.78 Å². The van der Waals surface area contributed by atoms with Gasteiger partial charge in [0, 0.05) is 28.8 Å². The number of aryl methyl sites for hydroxylation is 1. The highest BCUT2D eigenvalue weighted by Gasteiger charge is 2.30. The van der Waals surface area contributed by atoms with Gasteiger partial charge in [-0.25, -0.2) is 8.78 Å². The minimum atomic E-state index is -0.905. The topological polar surface area (TPSA) is 76.0 Å². The highest BCUT2D eigenvalue weighted by atomic mass is 35.5. The van der Waals surface area contributed by atoms with E-state index >= 15 is 0 Å². The van der Waals surface area contributed by atoms with Crippen LogP contribution < -0.4 is 11.3 Å². The van der Waals surface area contributed by atoms with Gasteiger partial charge in [0.1, 0.15) is 11.6 Å². The van der Waals surface area contributed by atoms with Crippen molar-refractivity contribution in [3.05, 3.63) is 80.8 Å². The molecule has 4 nitrogen and oxygen atoms in total. The molecule has 3 N–H and O–H groups in total. The van der Waals surface area contributed by atoms with Crippen molar-refractivity contribution in [3.8, 4) is 0 Å². The lowest BCUT2D eigenvalue weighted by atomic mass is 9.94. The number of nitrogens with one attached hydrogen (secondary N) is 1. The molecule has 0 bridgehead atoms. The van der Waals surface area contributed by atoms with E-state index in [0.717, 1.165) is 0 Å². The van der Waals surface area contributed by atoms with E-state index < -0.39 is 29.0 Å². The smallest absolute Gasteiger partial charge is 0.255 e. The normalized spacial score (nSPS) is 15.6. The monoisotopic (exact) mass is 376 g/mol. The molecule has 1 atom stereocenters. The summed E-state index contributed by atoms with van der Waals surface area (Å²) in [5, 5.41) is 0.631. The van der Waals surface area contributed by atoms with E-state index in [2.05, 4.69) is 4.98 Å². The van der Waals surface area contributed by atoms with Gasteiger partial charge in [-0.1, -0.05) is 12.1 Å². The summed E-state index contributed by atoms with van der Waals surface area (Å²) in [5.41, 5.74) is 5.70. The number of ketones is 1. The SMILES string of the molecule is Cl.N[C@@H]1CCc2cc(F)c(C(=O)c3cccc4c(=O)[nH]ccc34)c(F)c21. The number of hydrogen-bond donors (Lipinski definition) is 2. The number of aromatic nitrogens is 1. The quantitative estimate of drug-likeness (QED) is 0.673. The zero-order valence-corrected chi connectivity index (χ0v) is 14.3. The van der Waals surface area contributed by atoms with Gasteiger partial charge in [0.05, 0.1) is 5.56 Å². The van der Waals surface area contributed by atoms with Crippen LogP contribution >= 0.6 is 12.4 Å². The third kappa shape index (κ3) is 2.62. The Bertz CT molecular complexity index is 1090. The number of hydrogen-bond acceptors (Lipinski definition) is 3. The van der Waals surface area contributed by atoms with Gasteiger partial charge in [0.2, 0.25) is 0 Å². The van der Waals surface area contributed by atoms with Crippen LogP contribution in [0.4, 0.5) is 8.78 Å². The Morgan fingerprint density at radius 3 is 2.73 bits per heavy atom. The van der Waals surface area contributed by atoms with Gasteiger partial charge in [-0.05, 0) is 42.0 Å². The first-order valence-electron chi connectivity index (χ1n) is 7.90. The van der Waals surface area contributed by atoms with Crippen molar-refractivity contribution in [2.45, 2.75) is 18.9 Å². The zero-order chi connectivity index (χ0) is 17.7. The molecule has 3 aromatic rings. The lowest BCUT2D eigenvalue weighted by Crippen LogP contribution is -2.15. The van der Waals surface area contributed by atoms with Gasteiger partial charge in [0.25, 0.3) is 5.56 Å². The summed E-state index contributed by atoms with van der Waals surface area (Å²) in [6, 6.07) is 6.71. The Morgan fingerprint density at radius 1 is 1.19 bits per heavy atom. The number of nitrogens with two attached hydrogens (primary N) is 1. The molecule has 0 radical (unpaired) electrons. The van der Waals surface area contributed by atoms with Crippen molar-refractivity contribution in [1.82, 2.24) is 4.98 Å². The lowest BCUT2D eigenvalue weighted by Gasteiger charge is -2.12. The number of halogens is 3. The van der Waals surface area contributed by atoms with Crippen LogP contribution in [-0.4, -0.2) is 10.8 Å². The fourth-order valence-corrected chi connectivity index (χ4v) is 3.51. The van der Waals surface area contributed by atoms with Crippen LogP contribution in [0.3, 0.4) is 0 Å². The van der Waals surface area contributed by atoms with Crippen LogP contribution in [0.15, 0.2) is 41.3 Å². The number of rotatable bonds is 2. The van der Waals surface area contributed by atoms with Gasteiger partial charge in [-0.3, -0.25) is 9.59 Å². The molecule has 0 aliphatic heterocycles. The molecule has 2 aromatic carbocycles. The van der Waals surface area contributed by atoms with Crippen LogP contribution in [0.2, 0.25) is 0 Å². The minimum absolute atomic E-state index is 0. The van der Waals surface area contributed by atoms with Gasteiger partial charge < -0.3 is 10.7 Å². The molecule has 0 unspecified atom stereocenters. The van der Waals surface area contributed by atoms with E-state index in [9.17, 15) is 18.4 Å². The van der Waals surface area contributed by atoms with Gasteiger partial charge >= 0.3 is 0 Å². The van der Waals surface area contributed by atoms with Crippen molar-refractivity contribution in [3.63, 3.8) is 0 Å². The van der Waals surface area contributed by atoms with E-state index in [4.69, 9.17) is 5.73 Å². The molecule has 26 heavy (non-hydrogen) atoms. The van der Waals surface area contributed by atoms with Crippen LogP contribution in [0.5, 0.6) is 0 Å². The number of carbonyl (C=O) groups excluding carboxylic acids is 1. The van der Waals surface area contributed by atoms with Crippen molar-refractivity contribution in [2.75, 3.05) is 0 Å². The largest absolute Gasteiger partial charge is 0.329 e. The molecule has 0 spiro atoms. The molecular formula is C19H15ClF2N2O2. The van der Waals surface area contributed by atoms with E-state index in [1.165, 1.54) is 24.4 Å². The highest BCUT2D eigenvalue weighted by molar-refractivity contribution is 6.16. The van der Waals surface area contributed by atoms with Crippen LogP contribution in [0, 0.1) is 11.6 Å². The lowest BCUT2D eigenvalue weighted by molar-refractivity contribution is 0.103. The van der Waals surface area contributed by atoms with Crippen LogP contribution in [0.1, 0.15) is 39.5 Å². The second-order valence-electron chi connectivity index (χ2n) is 6.17. The Hall–Kier alpha value is -2.57. The Kier molecular flexibility index (Phi) is 4.64. The number of benzene rings is 2. The molecule has 0 fully saturated rings. The summed E-state index contributed by atoms with van der Waals surface area (Å²) in [5.74, 6) is -2.60. The number of carbonyl (C=O) groups is 1. The molecule has 1 aliphatic carbocycles. The van der Waals surface area contributed by atoms with Crippen molar-refractivity contribution >= 4 is 29.0 Å². The average Bonchev–Trinajstić information content (AvgIpc) is 2.95. The summed E-state index contributed by atoms with van der Waals surface area (Å²) < 4.78 is 29.4. The number of aromatic amines is 1. The molecule has 1 aromatic heterocycles. The third-order valence-corrected chi connectivity index (χ3v) is 4.72. The molecule has 1 aliphatic rings. The summed E-state index contributed by atoms with van der Waals surface area (Å²) in [6.07, 6.45) is 2.40. The van der Waals surface area contributed by atoms with Crippen LogP contribution in [0.25, 0.3) is 10.8 Å². The average molecular weight is 377 g/mol. The predicted octanol–water partition coefficient (Wildman–Crippen LogP) is 3.41. The summed E-state index contributed by atoms with van der Waals surface area (Å²) in [4.78, 5) is 27.3. The van der Waals surface area contributed by atoms with E-state index in [1.54, 1.807) is 12.1 Å². The number of fused-ring (bicyclic) bond motifs is 2. The maximum absolute atomic E-state index is 14.9. The first-order valence-corrected chi connectivity index (χ1v) is 7.90. The highest BCUT2D eigenvalue weighted by Crippen LogP contribution is 2.35. The van der Waals surface area contributed by atoms with Crippen LogP contribution in [-0.2, 0) is 6.42 Å². The fraction of sp³-hybridized carbons (Fsp3) is 0.158. The first kappa shape index (κ1) is 18.2. The molecular weight excluding hydrogens is 362 g/mol. The first-order chi connectivity index (χ1) is 12.0. The third-order valence-electron chi connectivity index (χ3n) is 4.72. The van der Waals surface area contributed by atoms with Gasteiger partial charge in [-0.2, -0.15) is 0 Å². The zero-order valence-electron chi connectivity index (χ0n) is 13.5. The fourth-order valence-electron chi connectivity index (χ4n) is 3.51. The van der Waals surface area contributed by atoms with Crippen molar-refractivity contribution < 1.29 is 13.6 Å². The molecule has 1 heterocycles. The Balaban J connectivity index is 0.00000196. The molecule has 7 heteroatoms. The molecule has 4 rings (SSSR count). The van der Waals surface area contributed by atoms with E-state index in [0.29, 0.717) is 23.8 Å². The van der Waals surface area contributed by atoms with Gasteiger partial charge in [-0.15, -0.1) is 12.4 Å². The summed E-state index contributed by atoms with van der Waals surface area (Å²) in [6.45, 7) is 0. The standard InChI is InChI=1S/C19H14F2N2O2.ClH/c20-13-8-9-4-5-14(22)15(9)17(21)16(13)18(24)11-2-1-3-12-10(11)6-7-23-19(12)25;/h1-3,6-8,14H,4-5,22H2,(H,23,25);1H/t14-;/m1./s1. The maximum Gasteiger partial charge on any atom is 0.255 e. The predicted molar refractivity (Wildman–Crippen MR) is 96.9 cm³/mol. The second-order valence-corrected chi connectivity index (χ2v) is 6.17. The Labute approximate surface area is 153 Å². The maximum atomic E-state index is 14.9. The second kappa shape index (κ2) is 6.63. The van der Waals surface area contributed by atoms with E-state index in [1.807, 2.05) is 0 Å². The molecule has 0 saturated carbocycles. The molecule has 134 valence electrons. The van der Waals surface area contributed by atoms with Crippen molar-refractivity contribution in [2.24, 2.45) is 5.73 Å².